The number of ether oxygens (including phenoxy) is 2. The highest BCUT2D eigenvalue weighted by atomic mass is 19.4. The van der Waals surface area contributed by atoms with E-state index in [-0.39, 0.29) is 5.91 Å². The van der Waals surface area contributed by atoms with Crippen LogP contribution in [0.2, 0.25) is 0 Å². The predicted octanol–water partition coefficient (Wildman–Crippen LogP) is 3.57. The van der Waals surface area contributed by atoms with E-state index in [0.717, 1.165) is 35.4 Å². The number of alkyl halides is 6. The zero-order valence-corrected chi connectivity index (χ0v) is 23.4. The standard InChI is InChI=1S/C22H27N5O3.2C2HF3O2/c1-29-13-12-27-11-8-20(25-27)22(28)26-9-6-18-19(7-10-26)23-24-21(18)17-5-3-4-16(14-17)15-30-2;2*3-2(4,5)1(6)7/h3-5,8,11,14H,6-7,9-10,12-13,15H2,1-2H3,(H,23,24);2*(H,6,7). The third kappa shape index (κ3) is 10.7. The van der Waals surface area contributed by atoms with Crippen LogP contribution >= 0.6 is 0 Å². The van der Waals surface area contributed by atoms with Crippen molar-refractivity contribution in [2.45, 2.75) is 38.3 Å². The molecule has 0 atom stereocenters. The van der Waals surface area contributed by atoms with Crippen molar-refractivity contribution in [1.82, 2.24) is 24.9 Å². The molecule has 1 aromatic carbocycles. The molecule has 3 aromatic rings. The minimum atomic E-state index is -5.08. The molecule has 4 rings (SSSR count). The summed E-state index contributed by atoms with van der Waals surface area (Å²) >= 11 is 0. The zero-order valence-electron chi connectivity index (χ0n) is 23.4. The van der Waals surface area contributed by atoms with Gasteiger partial charge in [0.25, 0.3) is 5.91 Å². The van der Waals surface area contributed by atoms with E-state index in [1.807, 2.05) is 23.2 Å². The number of nitrogens with one attached hydrogen (secondary N) is 1. The highest BCUT2D eigenvalue weighted by Gasteiger charge is 2.38. The molecule has 12 nitrogen and oxygen atoms in total. The molecule has 1 aliphatic rings. The number of carbonyl (C=O) groups excluding carboxylic acids is 1. The number of H-pyrrole nitrogens is 1. The number of aromatic nitrogens is 4. The van der Waals surface area contributed by atoms with Crippen LogP contribution in [0.1, 0.15) is 27.3 Å². The van der Waals surface area contributed by atoms with Crippen LogP contribution in [0.4, 0.5) is 26.3 Å². The van der Waals surface area contributed by atoms with Crippen molar-refractivity contribution in [2.75, 3.05) is 33.9 Å². The quantitative estimate of drug-likeness (QED) is 0.329. The fourth-order valence-electron chi connectivity index (χ4n) is 3.85. The lowest BCUT2D eigenvalue weighted by molar-refractivity contribution is -0.193. The van der Waals surface area contributed by atoms with Gasteiger partial charge in [0.05, 0.1) is 25.5 Å². The number of hydrogen-bond acceptors (Lipinski definition) is 7. The second-order valence-electron chi connectivity index (χ2n) is 9.02. The van der Waals surface area contributed by atoms with Crippen molar-refractivity contribution < 1.29 is 60.4 Å². The highest BCUT2D eigenvalue weighted by Crippen LogP contribution is 2.28. The van der Waals surface area contributed by atoms with Gasteiger partial charge in [0, 0.05) is 56.7 Å². The minimum absolute atomic E-state index is 0.0343. The summed E-state index contributed by atoms with van der Waals surface area (Å²) in [5, 5.41) is 26.4. The first-order valence-corrected chi connectivity index (χ1v) is 12.6. The van der Waals surface area contributed by atoms with Crippen LogP contribution in [0.25, 0.3) is 11.3 Å². The van der Waals surface area contributed by atoms with Crippen LogP contribution in [0, 0.1) is 0 Å². The Morgan fingerprint density at radius 2 is 1.57 bits per heavy atom. The number of carboxylic acids is 2. The molecule has 0 saturated heterocycles. The monoisotopic (exact) mass is 637 g/mol. The lowest BCUT2D eigenvalue weighted by atomic mass is 10.0. The number of hydrogen-bond donors (Lipinski definition) is 3. The smallest absolute Gasteiger partial charge is 0.475 e. The van der Waals surface area contributed by atoms with Gasteiger partial charge >= 0.3 is 24.3 Å². The van der Waals surface area contributed by atoms with E-state index in [1.165, 1.54) is 5.56 Å². The van der Waals surface area contributed by atoms with Crippen LogP contribution in [-0.4, -0.2) is 99.2 Å². The van der Waals surface area contributed by atoms with Gasteiger partial charge in [-0.25, -0.2) is 9.59 Å². The molecular formula is C26H29F6N5O7. The Kier molecular flexibility index (Phi) is 12.9. The van der Waals surface area contributed by atoms with Gasteiger partial charge in [-0.15, -0.1) is 0 Å². The van der Waals surface area contributed by atoms with Crippen LogP contribution in [0.15, 0.2) is 36.5 Å². The minimum Gasteiger partial charge on any atom is -0.475 e. The molecular weight excluding hydrogens is 608 g/mol. The molecule has 44 heavy (non-hydrogen) atoms. The Balaban J connectivity index is 0.000000402. The normalized spacial score (nSPS) is 13.0. The van der Waals surface area contributed by atoms with Crippen LogP contribution in [-0.2, 0) is 45.1 Å². The fraction of sp³-hybridized carbons (Fsp3) is 0.423. The second-order valence-corrected chi connectivity index (χ2v) is 9.02. The average molecular weight is 638 g/mol. The summed E-state index contributed by atoms with van der Waals surface area (Å²) in [6, 6.07) is 10.0. The highest BCUT2D eigenvalue weighted by molar-refractivity contribution is 5.92. The lowest BCUT2D eigenvalue weighted by Crippen LogP contribution is -2.33. The van der Waals surface area contributed by atoms with Crippen molar-refractivity contribution in [3.8, 4) is 11.3 Å². The summed E-state index contributed by atoms with van der Waals surface area (Å²) in [7, 11) is 3.35. The van der Waals surface area contributed by atoms with Crippen molar-refractivity contribution in [3.05, 3.63) is 59.0 Å². The van der Waals surface area contributed by atoms with Gasteiger partial charge in [-0.1, -0.05) is 18.2 Å². The van der Waals surface area contributed by atoms with Crippen LogP contribution in [0.5, 0.6) is 0 Å². The van der Waals surface area contributed by atoms with E-state index in [9.17, 15) is 31.1 Å². The summed E-state index contributed by atoms with van der Waals surface area (Å²) in [5.74, 6) is -5.55. The Morgan fingerprint density at radius 3 is 2.14 bits per heavy atom. The molecule has 1 amide bonds. The summed E-state index contributed by atoms with van der Waals surface area (Å²) in [6.07, 6.45) is -6.84. The number of carbonyl (C=O) groups is 3. The molecule has 0 aliphatic carbocycles. The van der Waals surface area contributed by atoms with E-state index in [0.29, 0.717) is 38.5 Å². The molecule has 3 heterocycles. The molecule has 0 spiro atoms. The maximum absolute atomic E-state index is 13.0. The second kappa shape index (κ2) is 15.9. The molecule has 18 heteroatoms. The first kappa shape index (κ1) is 35.7. The molecule has 0 saturated carbocycles. The number of aromatic amines is 1. The Hall–Kier alpha value is -4.45. The van der Waals surface area contributed by atoms with Gasteiger partial charge in [0.1, 0.15) is 5.69 Å². The number of benzene rings is 1. The molecule has 0 radical (unpaired) electrons. The third-order valence-electron chi connectivity index (χ3n) is 5.88. The van der Waals surface area contributed by atoms with E-state index >= 15 is 0 Å². The lowest BCUT2D eigenvalue weighted by Gasteiger charge is -2.19. The van der Waals surface area contributed by atoms with Crippen LogP contribution in [0.3, 0.4) is 0 Å². The van der Waals surface area contributed by atoms with Gasteiger partial charge in [-0.3, -0.25) is 14.6 Å². The number of aliphatic carboxylic acids is 2. The van der Waals surface area contributed by atoms with Gasteiger partial charge in [0.15, 0.2) is 0 Å². The number of fused-ring (bicyclic) bond motifs is 1. The molecule has 0 fully saturated rings. The van der Waals surface area contributed by atoms with Gasteiger partial charge in [-0.05, 0) is 24.1 Å². The number of amides is 1. The number of rotatable bonds is 7. The van der Waals surface area contributed by atoms with Gasteiger partial charge in [0.2, 0.25) is 0 Å². The van der Waals surface area contributed by atoms with Crippen molar-refractivity contribution in [1.29, 1.82) is 0 Å². The van der Waals surface area contributed by atoms with Gasteiger partial charge < -0.3 is 24.6 Å². The number of carboxylic acid groups (broad SMARTS) is 2. The van der Waals surface area contributed by atoms with E-state index in [1.54, 1.807) is 25.0 Å². The Labute approximate surface area is 246 Å². The molecule has 0 unspecified atom stereocenters. The molecule has 0 bridgehead atoms. The summed E-state index contributed by atoms with van der Waals surface area (Å²) in [5.41, 5.74) is 5.90. The molecule has 1 aliphatic heterocycles. The molecule has 3 N–H and O–H groups in total. The molecule has 2 aromatic heterocycles. The molecule has 242 valence electrons. The summed E-state index contributed by atoms with van der Waals surface area (Å²) in [6.45, 7) is 3.05. The van der Waals surface area contributed by atoms with Crippen molar-refractivity contribution in [3.63, 3.8) is 0 Å². The third-order valence-corrected chi connectivity index (χ3v) is 5.88. The fourth-order valence-corrected chi connectivity index (χ4v) is 3.85. The number of nitrogens with zero attached hydrogens (tertiary/aromatic N) is 4. The Bertz CT molecular complexity index is 1380. The van der Waals surface area contributed by atoms with E-state index in [4.69, 9.17) is 29.3 Å². The maximum atomic E-state index is 13.0. The summed E-state index contributed by atoms with van der Waals surface area (Å²) < 4.78 is 75.5. The average Bonchev–Trinajstić information content (AvgIpc) is 3.53. The van der Waals surface area contributed by atoms with Crippen molar-refractivity contribution in [2.24, 2.45) is 0 Å². The maximum Gasteiger partial charge on any atom is 0.490 e. The number of halogens is 6. The number of methoxy groups -OCH3 is 2. The SMILES string of the molecule is COCCn1ccc(C(=O)N2CCc3[nH]nc(-c4cccc(COC)c4)c3CC2)n1.O=C(O)C(F)(F)F.O=C(O)C(F)(F)F. The van der Waals surface area contributed by atoms with Gasteiger partial charge in [-0.2, -0.15) is 36.5 Å². The largest absolute Gasteiger partial charge is 0.490 e. The topological polar surface area (TPSA) is 160 Å². The first-order valence-electron chi connectivity index (χ1n) is 12.6. The Morgan fingerprint density at radius 1 is 0.955 bits per heavy atom. The van der Waals surface area contributed by atoms with E-state index < -0.39 is 24.3 Å². The van der Waals surface area contributed by atoms with E-state index in [2.05, 4.69) is 27.4 Å². The van der Waals surface area contributed by atoms with Crippen LogP contribution < -0.4 is 0 Å². The summed E-state index contributed by atoms with van der Waals surface area (Å²) in [4.78, 5) is 32.6. The van der Waals surface area contributed by atoms with Crippen molar-refractivity contribution >= 4 is 17.8 Å². The first-order chi connectivity index (χ1) is 20.6. The zero-order chi connectivity index (χ0) is 33.1. The predicted molar refractivity (Wildman–Crippen MR) is 140 cm³/mol.